The van der Waals surface area contributed by atoms with E-state index in [1.165, 1.54) is 19.4 Å². The van der Waals surface area contributed by atoms with Gasteiger partial charge in [-0.2, -0.15) is 5.26 Å². The van der Waals surface area contributed by atoms with Crippen LogP contribution in [0, 0.1) is 25.2 Å². The van der Waals surface area contributed by atoms with Gasteiger partial charge in [0.1, 0.15) is 11.6 Å². The summed E-state index contributed by atoms with van der Waals surface area (Å²) in [4.78, 5) is 37.5. The second-order valence-electron chi connectivity index (χ2n) is 7.34. The fraction of sp³-hybridized carbons (Fsp3) is 0.250. The van der Waals surface area contributed by atoms with Gasteiger partial charge in [-0.3, -0.25) is 9.59 Å². The Morgan fingerprint density at radius 3 is 2.45 bits per heavy atom. The molecule has 0 bridgehead atoms. The Bertz CT molecular complexity index is 1250. The minimum Gasteiger partial charge on any atom is -0.465 e. The van der Waals surface area contributed by atoms with Crippen LogP contribution < -0.4 is 5.56 Å². The van der Waals surface area contributed by atoms with Gasteiger partial charge in [-0.25, -0.2) is 4.79 Å². The molecule has 7 heteroatoms. The summed E-state index contributed by atoms with van der Waals surface area (Å²) in [5.41, 5.74) is 2.50. The quantitative estimate of drug-likeness (QED) is 0.452. The number of benzene rings is 1. The minimum atomic E-state index is -0.687. The summed E-state index contributed by atoms with van der Waals surface area (Å²) in [6.45, 7) is 5.57. The summed E-state index contributed by atoms with van der Waals surface area (Å²) in [6.07, 6.45) is 1.25. The van der Waals surface area contributed by atoms with Gasteiger partial charge in [0.2, 0.25) is 0 Å². The molecular formula is C24H23N3O4. The number of nitrogens with zero attached hydrogens (tertiary/aromatic N) is 3. The van der Waals surface area contributed by atoms with E-state index in [4.69, 9.17) is 0 Å². The van der Waals surface area contributed by atoms with Crippen LogP contribution in [-0.4, -0.2) is 28.0 Å². The van der Waals surface area contributed by atoms with E-state index >= 15 is 0 Å². The van der Waals surface area contributed by atoms with Crippen molar-refractivity contribution >= 4 is 11.8 Å². The summed E-state index contributed by atoms with van der Waals surface area (Å²) in [5, 5.41) is 9.22. The second kappa shape index (κ2) is 8.84. The van der Waals surface area contributed by atoms with Crippen LogP contribution in [0.15, 0.2) is 53.5 Å². The van der Waals surface area contributed by atoms with E-state index in [-0.39, 0.29) is 29.5 Å². The van der Waals surface area contributed by atoms with Crippen molar-refractivity contribution < 1.29 is 14.3 Å². The minimum absolute atomic E-state index is 0.0262. The van der Waals surface area contributed by atoms with Crippen LogP contribution in [0.4, 0.5) is 0 Å². The number of aryl methyl sites for hydroxylation is 1. The molecule has 0 saturated carbocycles. The Balaban J connectivity index is 1.98. The molecule has 3 rings (SSSR count). The predicted molar refractivity (Wildman–Crippen MR) is 115 cm³/mol. The lowest BCUT2D eigenvalue weighted by molar-refractivity contribution is 0.0599. The van der Waals surface area contributed by atoms with Crippen LogP contribution in [0.1, 0.15) is 56.2 Å². The van der Waals surface area contributed by atoms with Gasteiger partial charge in [-0.05, 0) is 38.5 Å². The molecule has 0 spiro atoms. The first-order valence-corrected chi connectivity index (χ1v) is 9.78. The van der Waals surface area contributed by atoms with Crippen LogP contribution in [0.25, 0.3) is 0 Å². The highest BCUT2D eigenvalue weighted by Crippen LogP contribution is 2.26. The van der Waals surface area contributed by atoms with Crippen molar-refractivity contribution in [1.29, 1.82) is 5.26 Å². The monoisotopic (exact) mass is 417 g/mol. The van der Waals surface area contributed by atoms with Crippen molar-refractivity contribution in [2.75, 3.05) is 7.11 Å². The number of carbonyl (C=O) groups is 2. The number of hydrogen-bond acceptors (Lipinski definition) is 5. The van der Waals surface area contributed by atoms with Gasteiger partial charge < -0.3 is 13.9 Å². The fourth-order valence-corrected chi connectivity index (χ4v) is 3.84. The number of rotatable bonds is 6. The Morgan fingerprint density at radius 2 is 1.84 bits per heavy atom. The SMILES string of the molecule is COC(=O)c1cc(C#N)c(=O)n(CC(=O)c2cc(C)n(C(C)c3ccccc3)c2C)c1. The number of methoxy groups -OCH3 is 1. The van der Waals surface area contributed by atoms with E-state index in [1.807, 2.05) is 44.2 Å². The van der Waals surface area contributed by atoms with Gasteiger partial charge in [-0.1, -0.05) is 30.3 Å². The molecule has 0 radical (unpaired) electrons. The standard InChI is InChI=1S/C24H23N3O4/c1-15-10-21(17(3)27(15)16(2)18-8-6-5-7-9-18)22(28)14-26-13-20(24(30)31-4)11-19(12-25)23(26)29/h5-11,13,16H,14H2,1-4H3. The van der Waals surface area contributed by atoms with E-state index in [9.17, 15) is 19.6 Å². The Morgan fingerprint density at radius 1 is 1.16 bits per heavy atom. The van der Waals surface area contributed by atoms with E-state index in [1.54, 1.807) is 12.1 Å². The van der Waals surface area contributed by atoms with Crippen LogP contribution in [0.3, 0.4) is 0 Å². The first kappa shape index (κ1) is 21.8. The molecule has 2 heterocycles. The first-order chi connectivity index (χ1) is 14.8. The smallest absolute Gasteiger partial charge is 0.339 e. The topological polar surface area (TPSA) is 94.1 Å². The van der Waals surface area contributed by atoms with Crippen LogP contribution in [0.5, 0.6) is 0 Å². The first-order valence-electron chi connectivity index (χ1n) is 9.78. The normalized spacial score (nSPS) is 11.6. The van der Waals surface area contributed by atoms with Gasteiger partial charge in [0.05, 0.1) is 25.3 Å². The van der Waals surface area contributed by atoms with Crippen LogP contribution in [0.2, 0.25) is 0 Å². The van der Waals surface area contributed by atoms with Crippen molar-refractivity contribution in [1.82, 2.24) is 9.13 Å². The lowest BCUT2D eigenvalue weighted by atomic mass is 10.1. The molecule has 0 aliphatic heterocycles. The maximum atomic E-state index is 13.1. The molecule has 2 aromatic heterocycles. The number of ketones is 1. The lowest BCUT2D eigenvalue weighted by Crippen LogP contribution is -2.27. The number of aromatic nitrogens is 2. The number of hydrogen-bond donors (Lipinski definition) is 0. The molecule has 1 atom stereocenters. The summed E-state index contributed by atoms with van der Waals surface area (Å²) >= 11 is 0. The third-order valence-electron chi connectivity index (χ3n) is 5.40. The molecule has 0 aliphatic rings. The van der Waals surface area contributed by atoms with Crippen molar-refractivity contribution in [3.8, 4) is 6.07 Å². The Kier molecular flexibility index (Phi) is 6.21. The molecule has 7 nitrogen and oxygen atoms in total. The molecule has 0 fully saturated rings. The Hall–Kier alpha value is -3.92. The van der Waals surface area contributed by atoms with Crippen molar-refractivity contribution in [2.45, 2.75) is 33.4 Å². The number of carbonyl (C=O) groups excluding carboxylic acids is 2. The van der Waals surface area contributed by atoms with E-state index in [2.05, 4.69) is 16.2 Å². The number of pyridine rings is 1. The van der Waals surface area contributed by atoms with Gasteiger partial charge in [0.15, 0.2) is 5.78 Å². The maximum absolute atomic E-state index is 13.1. The lowest BCUT2D eigenvalue weighted by Gasteiger charge is -2.19. The zero-order valence-corrected chi connectivity index (χ0v) is 17.9. The van der Waals surface area contributed by atoms with Gasteiger partial charge in [-0.15, -0.1) is 0 Å². The van der Waals surface area contributed by atoms with E-state index < -0.39 is 11.5 Å². The highest BCUT2D eigenvalue weighted by Gasteiger charge is 2.21. The zero-order valence-electron chi connectivity index (χ0n) is 17.9. The highest BCUT2D eigenvalue weighted by atomic mass is 16.5. The van der Waals surface area contributed by atoms with Gasteiger partial charge in [0.25, 0.3) is 5.56 Å². The second-order valence-corrected chi connectivity index (χ2v) is 7.34. The summed E-state index contributed by atoms with van der Waals surface area (Å²) < 4.78 is 7.84. The summed E-state index contributed by atoms with van der Waals surface area (Å²) in [6, 6.07) is 14.7. The molecule has 1 unspecified atom stereocenters. The van der Waals surface area contributed by atoms with Crippen LogP contribution in [-0.2, 0) is 11.3 Å². The third-order valence-corrected chi connectivity index (χ3v) is 5.40. The predicted octanol–water partition coefficient (Wildman–Crippen LogP) is 3.42. The van der Waals surface area contributed by atoms with Gasteiger partial charge >= 0.3 is 5.97 Å². The maximum Gasteiger partial charge on any atom is 0.339 e. The molecule has 158 valence electrons. The zero-order chi connectivity index (χ0) is 22.7. The molecule has 0 amide bonds. The average Bonchev–Trinajstić information content (AvgIpc) is 3.08. The highest BCUT2D eigenvalue weighted by molar-refractivity contribution is 5.97. The third kappa shape index (κ3) is 4.19. The summed E-state index contributed by atoms with van der Waals surface area (Å²) in [5.74, 6) is -0.972. The fourth-order valence-electron chi connectivity index (χ4n) is 3.84. The molecule has 0 N–H and O–H groups in total. The van der Waals surface area contributed by atoms with Crippen molar-refractivity contribution in [2.24, 2.45) is 0 Å². The number of Topliss-reactive ketones (excluding diaryl/α,β-unsaturated/α-hetero) is 1. The van der Waals surface area contributed by atoms with E-state index in [0.29, 0.717) is 5.56 Å². The number of esters is 1. The van der Waals surface area contributed by atoms with Crippen molar-refractivity contribution in [3.63, 3.8) is 0 Å². The summed E-state index contributed by atoms with van der Waals surface area (Å²) in [7, 11) is 1.21. The van der Waals surface area contributed by atoms with Gasteiger partial charge in [0, 0.05) is 23.1 Å². The molecule has 3 aromatic rings. The molecule has 0 aliphatic carbocycles. The van der Waals surface area contributed by atoms with E-state index in [0.717, 1.165) is 21.5 Å². The number of ether oxygens (including phenoxy) is 1. The van der Waals surface area contributed by atoms with Crippen molar-refractivity contribution in [3.05, 3.63) is 92.7 Å². The molecule has 31 heavy (non-hydrogen) atoms. The van der Waals surface area contributed by atoms with Crippen LogP contribution >= 0.6 is 0 Å². The average molecular weight is 417 g/mol. The number of nitriles is 1. The molecular weight excluding hydrogens is 394 g/mol. The largest absolute Gasteiger partial charge is 0.465 e. The molecule has 0 saturated heterocycles. The Labute approximate surface area is 180 Å². The molecule has 1 aromatic carbocycles.